The molecule has 0 bridgehead atoms. The maximum atomic E-state index is 11.7. The molecule has 1 atom stereocenters. The molecule has 0 saturated heterocycles. The zero-order chi connectivity index (χ0) is 13.9. The van der Waals surface area contributed by atoms with E-state index in [4.69, 9.17) is 11.0 Å². The van der Waals surface area contributed by atoms with Crippen molar-refractivity contribution in [1.29, 1.82) is 5.26 Å². The molecule has 1 aromatic rings. The molecule has 1 aromatic carbocycles. The molecule has 0 spiro atoms. The average Bonchev–Trinajstić information content (AvgIpc) is 2.91. The van der Waals surface area contributed by atoms with Crippen LogP contribution in [0.15, 0.2) is 24.3 Å². The third-order valence-electron chi connectivity index (χ3n) is 4.27. The quantitative estimate of drug-likeness (QED) is 0.867. The zero-order valence-corrected chi connectivity index (χ0v) is 10.8. The molecule has 0 unspecified atom stereocenters. The number of hydrogen-bond acceptors (Lipinski definition) is 3. The first-order valence-electron chi connectivity index (χ1n) is 6.57. The summed E-state index contributed by atoms with van der Waals surface area (Å²) in [6, 6.07) is 9.18. The first-order chi connectivity index (χ1) is 9.14. The summed E-state index contributed by atoms with van der Waals surface area (Å²) >= 11 is 0. The Morgan fingerprint density at radius 2 is 1.95 bits per heavy atom. The molecule has 1 saturated carbocycles. The largest absolute Gasteiger partial charge is 0.481 e. The standard InChI is InChI=1S/C15H18N2O2/c16-9-11-3-5-12(6-4-11)13(10-17)15(14(18)19)7-1-2-8-15/h3-6,13H,1-2,7-8,10,17H2,(H,18,19)/t13-/m1/s1. The molecule has 4 nitrogen and oxygen atoms in total. The van der Waals surface area contributed by atoms with Crippen LogP contribution in [0, 0.1) is 16.7 Å². The van der Waals surface area contributed by atoms with Gasteiger partial charge < -0.3 is 10.8 Å². The topological polar surface area (TPSA) is 87.1 Å². The summed E-state index contributed by atoms with van der Waals surface area (Å²) in [4.78, 5) is 11.7. The smallest absolute Gasteiger partial charge is 0.310 e. The maximum Gasteiger partial charge on any atom is 0.310 e. The number of hydrogen-bond donors (Lipinski definition) is 2. The minimum absolute atomic E-state index is 0.180. The van der Waals surface area contributed by atoms with E-state index in [1.54, 1.807) is 12.1 Å². The van der Waals surface area contributed by atoms with Gasteiger partial charge in [-0.2, -0.15) is 5.26 Å². The van der Waals surface area contributed by atoms with Crippen molar-refractivity contribution in [1.82, 2.24) is 0 Å². The van der Waals surface area contributed by atoms with E-state index in [0.29, 0.717) is 24.9 Å². The van der Waals surface area contributed by atoms with Crippen LogP contribution in [0.3, 0.4) is 0 Å². The monoisotopic (exact) mass is 258 g/mol. The summed E-state index contributed by atoms with van der Waals surface area (Å²) in [6.07, 6.45) is 3.26. The highest BCUT2D eigenvalue weighted by Crippen LogP contribution is 2.48. The highest BCUT2D eigenvalue weighted by atomic mass is 16.4. The molecule has 1 fully saturated rings. The molecule has 0 radical (unpaired) electrons. The Morgan fingerprint density at radius 1 is 1.37 bits per heavy atom. The van der Waals surface area contributed by atoms with Gasteiger partial charge in [-0.3, -0.25) is 4.79 Å². The van der Waals surface area contributed by atoms with Crippen LogP contribution in [0.5, 0.6) is 0 Å². The highest BCUT2D eigenvalue weighted by Gasteiger charge is 2.47. The lowest BCUT2D eigenvalue weighted by Gasteiger charge is -2.33. The maximum absolute atomic E-state index is 11.7. The van der Waals surface area contributed by atoms with Crippen molar-refractivity contribution in [2.45, 2.75) is 31.6 Å². The van der Waals surface area contributed by atoms with Gasteiger partial charge in [0.05, 0.1) is 17.0 Å². The lowest BCUT2D eigenvalue weighted by molar-refractivity contribution is -0.150. The number of aliphatic carboxylic acids is 1. The van der Waals surface area contributed by atoms with Crippen molar-refractivity contribution in [3.8, 4) is 6.07 Å². The Bertz CT molecular complexity index is 496. The zero-order valence-electron chi connectivity index (χ0n) is 10.8. The fraction of sp³-hybridized carbons (Fsp3) is 0.467. The number of carboxylic acid groups (broad SMARTS) is 1. The van der Waals surface area contributed by atoms with Gasteiger partial charge in [0.15, 0.2) is 0 Å². The van der Waals surface area contributed by atoms with E-state index in [0.717, 1.165) is 18.4 Å². The molecule has 100 valence electrons. The molecule has 19 heavy (non-hydrogen) atoms. The predicted octanol–water partition coefficient (Wildman–Crippen LogP) is 2.25. The number of nitriles is 1. The van der Waals surface area contributed by atoms with Gasteiger partial charge >= 0.3 is 5.97 Å². The summed E-state index contributed by atoms with van der Waals surface area (Å²) in [5.74, 6) is -0.926. The van der Waals surface area contributed by atoms with E-state index >= 15 is 0 Å². The lowest BCUT2D eigenvalue weighted by Crippen LogP contribution is -2.38. The summed E-state index contributed by atoms with van der Waals surface area (Å²) in [6.45, 7) is 0.318. The second kappa shape index (κ2) is 5.41. The first-order valence-corrected chi connectivity index (χ1v) is 6.57. The van der Waals surface area contributed by atoms with E-state index in [1.165, 1.54) is 0 Å². The molecule has 0 aromatic heterocycles. The molecule has 0 heterocycles. The molecule has 0 aliphatic heterocycles. The number of nitrogens with zero attached hydrogens (tertiary/aromatic N) is 1. The fourth-order valence-electron chi connectivity index (χ4n) is 3.19. The van der Waals surface area contributed by atoms with Crippen LogP contribution in [0.1, 0.15) is 42.7 Å². The van der Waals surface area contributed by atoms with Gasteiger partial charge in [0.1, 0.15) is 0 Å². The van der Waals surface area contributed by atoms with Gasteiger partial charge in [-0.05, 0) is 30.5 Å². The van der Waals surface area contributed by atoms with Crippen LogP contribution in [-0.4, -0.2) is 17.6 Å². The van der Waals surface area contributed by atoms with Crippen LogP contribution >= 0.6 is 0 Å². The number of rotatable bonds is 4. The van der Waals surface area contributed by atoms with E-state index in [9.17, 15) is 9.90 Å². The Kier molecular flexibility index (Phi) is 3.87. The highest BCUT2D eigenvalue weighted by molar-refractivity contribution is 5.76. The van der Waals surface area contributed by atoms with Crippen LogP contribution in [-0.2, 0) is 4.79 Å². The third-order valence-corrected chi connectivity index (χ3v) is 4.27. The van der Waals surface area contributed by atoms with Crippen molar-refractivity contribution in [2.24, 2.45) is 11.1 Å². The van der Waals surface area contributed by atoms with Crippen molar-refractivity contribution in [3.63, 3.8) is 0 Å². The number of nitrogens with two attached hydrogens (primary N) is 1. The fourth-order valence-corrected chi connectivity index (χ4v) is 3.19. The molecule has 4 heteroatoms. The Hall–Kier alpha value is -1.86. The SMILES string of the molecule is N#Cc1ccc([C@@H](CN)C2(C(=O)O)CCCC2)cc1. The molecule has 1 aliphatic rings. The first kappa shape index (κ1) is 13.6. The normalized spacial score (nSPS) is 18.7. The van der Waals surface area contributed by atoms with Gasteiger partial charge in [0.2, 0.25) is 0 Å². The summed E-state index contributed by atoms with van der Waals surface area (Å²) in [5, 5.41) is 18.4. The molecule has 1 aliphatic carbocycles. The van der Waals surface area contributed by atoms with Crippen molar-refractivity contribution < 1.29 is 9.90 Å². The van der Waals surface area contributed by atoms with Gasteiger partial charge in [-0.15, -0.1) is 0 Å². The van der Waals surface area contributed by atoms with Crippen LogP contribution in [0.25, 0.3) is 0 Å². The third kappa shape index (κ3) is 2.34. The number of carbonyl (C=O) groups is 1. The Balaban J connectivity index is 2.37. The molecule has 0 amide bonds. The van der Waals surface area contributed by atoms with Crippen LogP contribution in [0.4, 0.5) is 0 Å². The summed E-state index contributed by atoms with van der Waals surface area (Å²) < 4.78 is 0. The van der Waals surface area contributed by atoms with Crippen molar-refractivity contribution in [2.75, 3.05) is 6.54 Å². The van der Waals surface area contributed by atoms with E-state index in [2.05, 4.69) is 6.07 Å². The summed E-state index contributed by atoms with van der Waals surface area (Å²) in [5.41, 5.74) is 6.62. The Morgan fingerprint density at radius 3 is 2.37 bits per heavy atom. The average molecular weight is 258 g/mol. The molecule has 2 rings (SSSR count). The van der Waals surface area contributed by atoms with Gasteiger partial charge in [-0.25, -0.2) is 0 Å². The van der Waals surface area contributed by atoms with Crippen molar-refractivity contribution >= 4 is 5.97 Å². The van der Waals surface area contributed by atoms with Crippen LogP contribution in [0.2, 0.25) is 0 Å². The van der Waals surface area contributed by atoms with E-state index in [-0.39, 0.29) is 5.92 Å². The minimum Gasteiger partial charge on any atom is -0.481 e. The number of carboxylic acids is 1. The molecular weight excluding hydrogens is 240 g/mol. The summed E-state index contributed by atoms with van der Waals surface area (Å²) in [7, 11) is 0. The Labute approximate surface area is 112 Å². The minimum atomic E-state index is -0.746. The van der Waals surface area contributed by atoms with Crippen LogP contribution < -0.4 is 5.73 Å². The van der Waals surface area contributed by atoms with E-state index < -0.39 is 11.4 Å². The second-order valence-corrected chi connectivity index (χ2v) is 5.19. The number of benzene rings is 1. The van der Waals surface area contributed by atoms with Crippen molar-refractivity contribution in [3.05, 3.63) is 35.4 Å². The van der Waals surface area contributed by atoms with Gasteiger partial charge in [0, 0.05) is 12.5 Å². The predicted molar refractivity (Wildman–Crippen MR) is 71.5 cm³/mol. The van der Waals surface area contributed by atoms with Gasteiger partial charge in [0.25, 0.3) is 0 Å². The molecule has 3 N–H and O–H groups in total. The van der Waals surface area contributed by atoms with E-state index in [1.807, 2.05) is 12.1 Å². The van der Waals surface area contributed by atoms with Gasteiger partial charge in [-0.1, -0.05) is 25.0 Å². The lowest BCUT2D eigenvalue weighted by atomic mass is 9.70. The molecular formula is C15H18N2O2. The second-order valence-electron chi connectivity index (χ2n) is 5.19.